The Balaban J connectivity index is 1.95. The molecular weight excluding hydrogens is 314 g/mol. The van der Waals surface area contributed by atoms with Crippen molar-refractivity contribution in [1.29, 1.82) is 5.26 Å². The van der Waals surface area contributed by atoms with Crippen LogP contribution in [0.25, 0.3) is 0 Å². The highest BCUT2D eigenvalue weighted by Crippen LogP contribution is 2.19. The van der Waals surface area contributed by atoms with E-state index in [0.29, 0.717) is 18.7 Å². The molecule has 2 aromatic rings. The first-order chi connectivity index (χ1) is 10.0. The molecule has 0 saturated heterocycles. The average Bonchev–Trinajstić information content (AvgIpc) is 2.97. The van der Waals surface area contributed by atoms with Gasteiger partial charge in [0.15, 0.2) is 0 Å². The number of nitriles is 1. The van der Waals surface area contributed by atoms with Crippen LogP contribution >= 0.6 is 11.6 Å². The van der Waals surface area contributed by atoms with Crippen LogP contribution in [0, 0.1) is 11.3 Å². The molecule has 0 aliphatic carbocycles. The van der Waals surface area contributed by atoms with E-state index in [0.717, 1.165) is 0 Å². The highest BCUT2D eigenvalue weighted by Gasteiger charge is 2.15. The predicted octanol–water partition coefficient (Wildman–Crippen LogP) is 1.24. The zero-order chi connectivity index (χ0) is 15.3. The number of H-pyrrole nitrogens is 1. The average molecular weight is 326 g/mol. The molecule has 0 atom stereocenters. The van der Waals surface area contributed by atoms with Crippen LogP contribution in [0.4, 0.5) is 0 Å². The molecule has 2 N–H and O–H groups in total. The maximum absolute atomic E-state index is 12.1. The highest BCUT2D eigenvalue weighted by atomic mass is 35.5. The Labute approximate surface area is 127 Å². The zero-order valence-electron chi connectivity index (χ0n) is 10.9. The predicted molar refractivity (Wildman–Crippen MR) is 76.1 cm³/mol. The number of rotatable bonds is 6. The molecule has 0 aliphatic rings. The molecule has 0 amide bonds. The number of benzene rings is 1. The Morgan fingerprint density at radius 3 is 2.86 bits per heavy atom. The zero-order valence-corrected chi connectivity index (χ0v) is 12.4. The molecule has 7 nitrogen and oxygen atoms in total. The van der Waals surface area contributed by atoms with E-state index in [1.165, 1.54) is 24.5 Å². The first-order valence-electron chi connectivity index (χ1n) is 6.06. The van der Waals surface area contributed by atoms with Gasteiger partial charge in [-0.2, -0.15) is 10.4 Å². The number of halogens is 1. The van der Waals surface area contributed by atoms with Crippen molar-refractivity contribution in [3.63, 3.8) is 0 Å². The second kappa shape index (κ2) is 6.67. The van der Waals surface area contributed by atoms with E-state index in [2.05, 4.69) is 19.9 Å². The Kier molecular flexibility index (Phi) is 4.90. The van der Waals surface area contributed by atoms with E-state index >= 15 is 0 Å². The van der Waals surface area contributed by atoms with Gasteiger partial charge in [-0.15, -0.1) is 0 Å². The summed E-state index contributed by atoms with van der Waals surface area (Å²) < 4.78 is 26.6. The molecule has 21 heavy (non-hydrogen) atoms. The molecule has 0 spiro atoms. The summed E-state index contributed by atoms with van der Waals surface area (Å²) in [7, 11) is -3.64. The number of aryl methyl sites for hydroxylation is 1. The Bertz CT molecular complexity index is 752. The summed E-state index contributed by atoms with van der Waals surface area (Å²) >= 11 is 5.83. The molecule has 9 heteroatoms. The lowest BCUT2D eigenvalue weighted by Crippen LogP contribution is -2.25. The number of aromatic nitrogens is 3. The maximum atomic E-state index is 12.1. The summed E-state index contributed by atoms with van der Waals surface area (Å²) in [6.45, 7) is 0.265. The van der Waals surface area contributed by atoms with E-state index in [1.807, 2.05) is 6.07 Å². The lowest BCUT2D eigenvalue weighted by molar-refractivity contribution is 0.578. The van der Waals surface area contributed by atoms with Gasteiger partial charge in [-0.3, -0.25) is 5.10 Å². The van der Waals surface area contributed by atoms with Crippen LogP contribution in [0.1, 0.15) is 17.8 Å². The third-order valence-electron chi connectivity index (χ3n) is 2.72. The Morgan fingerprint density at radius 2 is 2.24 bits per heavy atom. The number of hydrogen-bond acceptors (Lipinski definition) is 5. The molecule has 0 bridgehead atoms. The van der Waals surface area contributed by atoms with Crippen LogP contribution in [-0.2, 0) is 16.4 Å². The van der Waals surface area contributed by atoms with E-state index in [9.17, 15) is 8.42 Å². The summed E-state index contributed by atoms with van der Waals surface area (Å²) in [5.41, 5.74) is 0.237. The van der Waals surface area contributed by atoms with Crippen molar-refractivity contribution in [2.45, 2.75) is 17.7 Å². The van der Waals surface area contributed by atoms with Crippen molar-refractivity contribution < 1.29 is 8.42 Å². The molecular formula is C12H12ClN5O2S. The van der Waals surface area contributed by atoms with E-state index < -0.39 is 10.0 Å². The fourth-order valence-electron chi connectivity index (χ4n) is 1.65. The van der Waals surface area contributed by atoms with Gasteiger partial charge in [-0.25, -0.2) is 18.1 Å². The number of nitrogens with one attached hydrogen (secondary N) is 2. The topological polar surface area (TPSA) is 112 Å². The molecule has 110 valence electrons. The van der Waals surface area contributed by atoms with Gasteiger partial charge in [0, 0.05) is 13.0 Å². The Hall–Kier alpha value is -1.95. The fraction of sp³-hybridized carbons (Fsp3) is 0.250. The molecule has 1 aromatic heterocycles. The van der Waals surface area contributed by atoms with Gasteiger partial charge in [0.25, 0.3) is 0 Å². The van der Waals surface area contributed by atoms with E-state index in [4.69, 9.17) is 16.9 Å². The van der Waals surface area contributed by atoms with E-state index in [-0.39, 0.29) is 22.0 Å². The summed E-state index contributed by atoms with van der Waals surface area (Å²) in [6, 6.07) is 5.87. The number of nitrogens with zero attached hydrogens (tertiary/aromatic N) is 3. The SMILES string of the molecule is N#Cc1ccc(S(=O)(=O)NCCCc2ncn[nH]2)cc1Cl. The molecule has 1 heterocycles. The summed E-state index contributed by atoms with van der Waals surface area (Å²) in [5.74, 6) is 0.704. The van der Waals surface area contributed by atoms with Gasteiger partial charge in [-0.1, -0.05) is 11.6 Å². The van der Waals surface area contributed by atoms with Crippen LogP contribution < -0.4 is 4.72 Å². The minimum atomic E-state index is -3.64. The molecule has 1 aromatic carbocycles. The van der Waals surface area contributed by atoms with Crippen LogP contribution in [0.2, 0.25) is 5.02 Å². The molecule has 0 aliphatic heterocycles. The minimum Gasteiger partial charge on any atom is -0.263 e. The monoisotopic (exact) mass is 325 g/mol. The lowest BCUT2D eigenvalue weighted by Gasteiger charge is -2.07. The largest absolute Gasteiger partial charge is 0.263 e. The molecule has 0 radical (unpaired) electrons. The summed E-state index contributed by atoms with van der Waals surface area (Å²) in [6.07, 6.45) is 2.58. The van der Waals surface area contributed by atoms with Crippen molar-refractivity contribution in [2.24, 2.45) is 0 Å². The first kappa shape index (κ1) is 15.4. The first-order valence-corrected chi connectivity index (χ1v) is 7.92. The van der Waals surface area contributed by atoms with E-state index in [1.54, 1.807) is 0 Å². The van der Waals surface area contributed by atoms with Crippen molar-refractivity contribution in [3.05, 3.63) is 40.9 Å². The minimum absolute atomic E-state index is 0.0335. The molecule has 0 unspecified atom stereocenters. The highest BCUT2D eigenvalue weighted by molar-refractivity contribution is 7.89. The Morgan fingerprint density at radius 1 is 1.43 bits per heavy atom. The number of sulfonamides is 1. The normalized spacial score (nSPS) is 11.2. The summed E-state index contributed by atoms with van der Waals surface area (Å²) in [5, 5.41) is 15.3. The van der Waals surface area contributed by atoms with Crippen LogP contribution in [-0.4, -0.2) is 30.1 Å². The van der Waals surface area contributed by atoms with Crippen LogP contribution in [0.5, 0.6) is 0 Å². The van der Waals surface area contributed by atoms with Crippen LogP contribution in [0.3, 0.4) is 0 Å². The van der Waals surface area contributed by atoms with Gasteiger partial charge in [0.2, 0.25) is 10.0 Å². The van der Waals surface area contributed by atoms with Crippen molar-refractivity contribution >= 4 is 21.6 Å². The van der Waals surface area contributed by atoms with Gasteiger partial charge < -0.3 is 0 Å². The summed E-state index contributed by atoms with van der Waals surface area (Å²) in [4.78, 5) is 3.98. The van der Waals surface area contributed by atoms with Crippen molar-refractivity contribution in [2.75, 3.05) is 6.54 Å². The smallest absolute Gasteiger partial charge is 0.240 e. The molecule has 2 rings (SSSR count). The lowest BCUT2D eigenvalue weighted by atomic mass is 10.2. The maximum Gasteiger partial charge on any atom is 0.240 e. The molecule has 0 fully saturated rings. The third kappa shape index (κ3) is 4.01. The molecule has 0 saturated carbocycles. The van der Waals surface area contributed by atoms with Crippen molar-refractivity contribution in [1.82, 2.24) is 19.9 Å². The second-order valence-corrected chi connectivity index (χ2v) is 6.36. The second-order valence-electron chi connectivity index (χ2n) is 4.19. The van der Waals surface area contributed by atoms with Crippen LogP contribution in [0.15, 0.2) is 29.4 Å². The third-order valence-corrected chi connectivity index (χ3v) is 4.49. The van der Waals surface area contributed by atoms with Gasteiger partial charge >= 0.3 is 0 Å². The fourth-order valence-corrected chi connectivity index (χ4v) is 3.04. The van der Waals surface area contributed by atoms with Gasteiger partial charge in [0.05, 0.1) is 15.5 Å². The van der Waals surface area contributed by atoms with Gasteiger partial charge in [-0.05, 0) is 24.6 Å². The number of hydrogen-bond donors (Lipinski definition) is 2. The number of aromatic amines is 1. The van der Waals surface area contributed by atoms with Gasteiger partial charge in [0.1, 0.15) is 18.2 Å². The standard InChI is InChI=1S/C12H12ClN5O2S/c13-11-6-10(4-3-9(11)7-14)21(19,20)17-5-1-2-12-15-8-16-18-12/h3-4,6,8,17H,1-2,5H2,(H,15,16,18). The quantitative estimate of drug-likeness (QED) is 0.776. The van der Waals surface area contributed by atoms with Crippen molar-refractivity contribution in [3.8, 4) is 6.07 Å².